The topological polar surface area (TPSA) is 20.2 Å². The smallest absolute Gasteiger partial charge is 0.395 e. The molecule has 3 atom stereocenters. The highest BCUT2D eigenvalue weighted by Crippen LogP contribution is 2.66. The first-order valence-electron chi connectivity index (χ1n) is 14.0. The van der Waals surface area contributed by atoms with Crippen molar-refractivity contribution in [1.82, 2.24) is 0 Å². The zero-order valence-electron chi connectivity index (χ0n) is 27.4. The SMILES string of the molecule is OCC(CSC(F)CC(F)(F)C(F)(F)C(F)(F)C(F)(F)C(F)(F)C(F)(F)C(F)(F)C(F)(F)F)SC(F)CC(F)(F)C(F)(F)C(F)(F)C(F)(F)C(F)(F)C(F)(F)C(F)(F)C(F)(F)F. The van der Waals surface area contributed by atoms with Crippen LogP contribution in [0.25, 0.3) is 0 Å². The highest BCUT2D eigenvalue weighted by atomic mass is 32.2. The largest absolute Gasteiger partial charge is 0.460 e. The summed E-state index contributed by atoms with van der Waals surface area (Å²) in [4.78, 5) is 0. The third-order valence-corrected chi connectivity index (χ3v) is 9.91. The molecule has 0 fully saturated rings. The van der Waals surface area contributed by atoms with E-state index < -0.39 is 160 Å². The number of hydrogen-bond donors (Lipinski definition) is 1. The molecule has 0 saturated heterocycles. The van der Waals surface area contributed by atoms with Crippen molar-refractivity contribution in [3.63, 3.8) is 0 Å². The van der Waals surface area contributed by atoms with Crippen molar-refractivity contribution in [2.45, 2.75) is 124 Å². The first-order valence-corrected chi connectivity index (χ1v) is 16.0. The number of aliphatic hydroxyl groups is 1. The fourth-order valence-corrected chi connectivity index (χ4v) is 5.93. The van der Waals surface area contributed by atoms with Crippen LogP contribution in [0.1, 0.15) is 12.8 Å². The summed E-state index contributed by atoms with van der Waals surface area (Å²) in [6.07, 6.45) is -24.0. The van der Waals surface area contributed by atoms with Gasteiger partial charge in [-0.05, 0) is 0 Å². The van der Waals surface area contributed by atoms with E-state index in [9.17, 15) is 158 Å². The van der Waals surface area contributed by atoms with Gasteiger partial charge in [0.2, 0.25) is 0 Å². The van der Waals surface area contributed by atoms with Crippen molar-refractivity contribution in [1.29, 1.82) is 0 Å². The van der Waals surface area contributed by atoms with Crippen LogP contribution in [-0.2, 0) is 0 Å². The lowest BCUT2D eigenvalue weighted by molar-refractivity contribution is -0.462. The Morgan fingerprint density at radius 1 is 0.306 bits per heavy atom. The molecule has 0 aromatic rings. The Labute approximate surface area is 324 Å². The van der Waals surface area contributed by atoms with E-state index in [-0.39, 0.29) is 0 Å². The number of hydrogen-bond acceptors (Lipinski definition) is 3. The Morgan fingerprint density at radius 3 is 0.742 bits per heavy atom. The molecule has 1 nitrogen and oxygen atoms in total. The van der Waals surface area contributed by atoms with E-state index in [1.807, 2.05) is 0 Å². The van der Waals surface area contributed by atoms with E-state index in [1.165, 1.54) is 0 Å². The van der Waals surface area contributed by atoms with Gasteiger partial charge in [-0.2, -0.15) is 149 Å². The maximum Gasteiger partial charge on any atom is 0.460 e. The Bertz CT molecular complexity index is 1510. The predicted octanol–water partition coefficient (Wildman–Crippen LogP) is 13.2. The van der Waals surface area contributed by atoms with Crippen LogP contribution >= 0.6 is 23.5 Å². The van der Waals surface area contributed by atoms with Crippen molar-refractivity contribution in [3.8, 4) is 0 Å². The number of thioether (sulfide) groups is 2. The van der Waals surface area contributed by atoms with Gasteiger partial charge in [0.25, 0.3) is 0 Å². The Hall–Kier alpha value is -1.86. The Morgan fingerprint density at radius 2 is 0.516 bits per heavy atom. The summed E-state index contributed by atoms with van der Waals surface area (Å²) < 4.78 is 482. The van der Waals surface area contributed by atoms with Crippen LogP contribution in [0, 0.1) is 0 Å². The van der Waals surface area contributed by atoms with Gasteiger partial charge in [0.05, 0.1) is 19.4 Å². The lowest BCUT2D eigenvalue weighted by Crippen LogP contribution is -2.74. The van der Waals surface area contributed by atoms with Crippen molar-refractivity contribution >= 4 is 23.5 Å². The standard InChI is InChI=1S/C23H12F36OS2/c24-6(1-8(26,27)10(30,31)12(34,35)14(38,39)16(42,43)18(46,47)20(50,51)22(54,55)56)61-4-5(3-60)62-7(25)2-9(28,29)11(32,33)13(36,37)15(40,41)17(44,45)19(48,49)21(52,53)23(57,58)59/h5-7,60H,1-4H2. The van der Waals surface area contributed by atoms with Crippen LogP contribution in [-0.4, -0.2) is 129 Å². The predicted molar refractivity (Wildman–Crippen MR) is 131 cm³/mol. The lowest BCUT2D eigenvalue weighted by atomic mass is 9.88. The van der Waals surface area contributed by atoms with Gasteiger partial charge in [-0.1, -0.05) is 0 Å². The summed E-state index contributed by atoms with van der Waals surface area (Å²) in [7, 11) is 0. The van der Waals surface area contributed by atoms with Gasteiger partial charge in [-0.3, -0.25) is 0 Å². The molecule has 0 aliphatic heterocycles. The van der Waals surface area contributed by atoms with Crippen LogP contribution in [0.15, 0.2) is 0 Å². The van der Waals surface area contributed by atoms with E-state index in [0.717, 1.165) is 0 Å². The van der Waals surface area contributed by atoms with E-state index in [4.69, 9.17) is 5.11 Å². The molecule has 39 heteroatoms. The second-order valence-corrected chi connectivity index (χ2v) is 14.4. The first kappa shape index (κ1) is 60.1. The minimum Gasteiger partial charge on any atom is -0.395 e. The molecule has 0 bridgehead atoms. The number of aliphatic hydroxyl groups excluding tert-OH is 1. The maximum atomic E-state index is 14.2. The fraction of sp³-hybridized carbons (Fsp3) is 1.00. The lowest BCUT2D eigenvalue weighted by Gasteiger charge is -2.43. The van der Waals surface area contributed by atoms with Gasteiger partial charge in [-0.15, -0.1) is 23.5 Å². The van der Waals surface area contributed by atoms with Crippen LogP contribution in [0.4, 0.5) is 158 Å². The van der Waals surface area contributed by atoms with E-state index in [2.05, 4.69) is 0 Å². The van der Waals surface area contributed by atoms with Gasteiger partial charge >= 0.3 is 95.3 Å². The molecule has 0 aromatic heterocycles. The molecule has 374 valence electrons. The van der Waals surface area contributed by atoms with Gasteiger partial charge in [0, 0.05) is 11.0 Å². The van der Waals surface area contributed by atoms with Crippen molar-refractivity contribution < 1.29 is 163 Å². The highest BCUT2D eigenvalue weighted by Gasteiger charge is 2.97. The number of rotatable bonds is 22. The van der Waals surface area contributed by atoms with E-state index in [1.54, 1.807) is 0 Å². The van der Waals surface area contributed by atoms with Crippen LogP contribution in [0.5, 0.6) is 0 Å². The van der Waals surface area contributed by atoms with Gasteiger partial charge in [-0.25, -0.2) is 8.78 Å². The molecule has 0 aromatic carbocycles. The fourth-order valence-electron chi connectivity index (χ4n) is 3.71. The molecular weight excluding hydrogens is 1040 g/mol. The van der Waals surface area contributed by atoms with Gasteiger partial charge in [0.1, 0.15) is 0 Å². The zero-order valence-corrected chi connectivity index (χ0v) is 29.1. The molecule has 0 amide bonds. The maximum absolute atomic E-state index is 14.2. The third kappa shape index (κ3) is 9.01. The molecule has 0 heterocycles. The molecule has 0 aliphatic carbocycles. The molecule has 0 radical (unpaired) electrons. The summed E-state index contributed by atoms with van der Waals surface area (Å²) in [6.45, 7) is -2.07. The van der Waals surface area contributed by atoms with Crippen molar-refractivity contribution in [3.05, 3.63) is 0 Å². The first-order chi connectivity index (χ1) is 26.4. The highest BCUT2D eigenvalue weighted by molar-refractivity contribution is 8.03. The minimum atomic E-state index is -9.11. The molecule has 3 unspecified atom stereocenters. The number of alkyl halides is 36. The minimum absolute atomic E-state index is 1.33. The summed E-state index contributed by atoms with van der Waals surface area (Å²) in [5.41, 5.74) is -8.55. The van der Waals surface area contributed by atoms with Crippen molar-refractivity contribution in [2.75, 3.05) is 12.4 Å². The van der Waals surface area contributed by atoms with Crippen LogP contribution in [0.2, 0.25) is 0 Å². The molecule has 1 N–H and O–H groups in total. The molecule has 0 aliphatic rings. The van der Waals surface area contributed by atoms with Gasteiger partial charge in [0.15, 0.2) is 11.0 Å². The summed E-state index contributed by atoms with van der Waals surface area (Å²) in [6, 6.07) is 0. The zero-order chi connectivity index (χ0) is 51.0. The van der Waals surface area contributed by atoms with E-state index >= 15 is 0 Å². The Kier molecular flexibility index (Phi) is 16.3. The summed E-state index contributed by atoms with van der Waals surface area (Å²) in [5.74, 6) is -123. The number of halogens is 36. The average molecular weight is 1050 g/mol. The Balaban J connectivity index is 6.35. The van der Waals surface area contributed by atoms with Crippen LogP contribution in [0.3, 0.4) is 0 Å². The summed E-state index contributed by atoms with van der Waals surface area (Å²) >= 11 is -2.72. The van der Waals surface area contributed by atoms with E-state index in [0.29, 0.717) is 0 Å². The molecule has 0 saturated carbocycles. The second kappa shape index (κ2) is 16.8. The van der Waals surface area contributed by atoms with Gasteiger partial charge < -0.3 is 5.11 Å². The molecule has 0 rings (SSSR count). The molecular formula is C23H12F36OS2. The molecule has 62 heavy (non-hydrogen) atoms. The van der Waals surface area contributed by atoms with Crippen LogP contribution < -0.4 is 0 Å². The average Bonchev–Trinajstić information content (AvgIpc) is 3.03. The monoisotopic (exact) mass is 1050 g/mol. The van der Waals surface area contributed by atoms with Crippen molar-refractivity contribution in [2.24, 2.45) is 0 Å². The summed E-state index contributed by atoms with van der Waals surface area (Å²) in [5, 5.41) is 6.24. The quantitative estimate of drug-likeness (QED) is 0.109. The third-order valence-electron chi connectivity index (χ3n) is 7.41. The normalized spacial score (nSPS) is 18.0. The second-order valence-electron chi connectivity index (χ2n) is 11.8. The molecule has 0 spiro atoms.